The van der Waals surface area contributed by atoms with E-state index in [0.29, 0.717) is 19.4 Å². The molecule has 0 bridgehead atoms. The van der Waals surface area contributed by atoms with Crippen LogP contribution in [0, 0.1) is 6.92 Å². The molecule has 4 aliphatic heterocycles. The zero-order valence-electron chi connectivity index (χ0n) is 21.6. The Hall–Kier alpha value is -3.27. The maximum atomic E-state index is 11.1. The number of nitrogens with one attached hydrogen (secondary N) is 1. The van der Waals surface area contributed by atoms with Crippen LogP contribution >= 0.6 is 0 Å². The van der Waals surface area contributed by atoms with Gasteiger partial charge in [0.05, 0.1) is 29.2 Å². The monoisotopic (exact) mass is 536 g/mol. The second kappa shape index (κ2) is 9.80. The average Bonchev–Trinajstić information content (AvgIpc) is 3.73. The highest BCUT2D eigenvalue weighted by atomic mass is 32.2. The van der Waals surface area contributed by atoms with Gasteiger partial charge in [-0.3, -0.25) is 4.18 Å². The van der Waals surface area contributed by atoms with E-state index < -0.39 is 10.1 Å². The van der Waals surface area contributed by atoms with Crippen molar-refractivity contribution in [2.45, 2.75) is 36.2 Å². The molecule has 38 heavy (non-hydrogen) atoms. The standard InChI is InChI=1S/C21H22N2O3.C8H10O3S/c1-2-6-18-15(5-1)21(11-23(18)10-14-4-3-7-24-14)12-25-19-9-17-20(8-16(19)21)26-13-22-17;1-7-3-5-8(6-4-7)12(9,10)11-2/h1-2,5-6,8-9,14,22H,3-4,7,10-13H2;3-6H,1-2H3/t14-,21?;/m1./s1. The average molecular weight is 537 g/mol. The van der Waals surface area contributed by atoms with Crippen molar-refractivity contribution >= 4 is 21.5 Å². The van der Waals surface area contributed by atoms with Crippen LogP contribution in [0.5, 0.6) is 11.5 Å². The molecular formula is C29H32N2O6S. The third-order valence-electron chi connectivity index (χ3n) is 7.76. The molecule has 0 radical (unpaired) electrons. The molecule has 8 nitrogen and oxygen atoms in total. The summed E-state index contributed by atoms with van der Waals surface area (Å²) in [6, 6.07) is 19.5. The van der Waals surface area contributed by atoms with Gasteiger partial charge in [0.2, 0.25) is 0 Å². The molecule has 1 N–H and O–H groups in total. The van der Waals surface area contributed by atoms with Gasteiger partial charge in [-0.2, -0.15) is 8.42 Å². The number of nitrogens with zero attached hydrogens (tertiary/aromatic N) is 1. The number of hydrogen-bond acceptors (Lipinski definition) is 8. The van der Waals surface area contributed by atoms with E-state index in [1.807, 2.05) is 6.92 Å². The Labute approximate surface area is 223 Å². The fourth-order valence-corrected chi connectivity index (χ4v) is 6.45. The Morgan fingerprint density at radius 2 is 1.87 bits per heavy atom. The van der Waals surface area contributed by atoms with Gasteiger partial charge in [0.25, 0.3) is 10.1 Å². The van der Waals surface area contributed by atoms with E-state index >= 15 is 0 Å². The lowest BCUT2D eigenvalue weighted by atomic mass is 9.77. The highest BCUT2D eigenvalue weighted by molar-refractivity contribution is 7.86. The van der Waals surface area contributed by atoms with Crippen molar-refractivity contribution in [3.63, 3.8) is 0 Å². The van der Waals surface area contributed by atoms with Crippen molar-refractivity contribution < 1.29 is 26.8 Å². The smallest absolute Gasteiger partial charge is 0.296 e. The van der Waals surface area contributed by atoms with Crippen LogP contribution in [-0.2, 0) is 24.5 Å². The largest absolute Gasteiger partial charge is 0.492 e. The molecule has 7 rings (SSSR count). The summed E-state index contributed by atoms with van der Waals surface area (Å²) in [6.45, 7) is 5.90. The lowest BCUT2D eigenvalue weighted by Gasteiger charge is -2.26. The SMILES string of the molecule is COS(=O)(=O)c1ccc(C)cc1.c1ccc2c(c1)N(C[C@H]1CCCO1)CC21COc2cc3c(cc21)OCN3. The summed E-state index contributed by atoms with van der Waals surface area (Å²) in [5, 5.41) is 3.26. The van der Waals surface area contributed by atoms with Crippen LogP contribution < -0.4 is 19.7 Å². The molecule has 1 spiro atoms. The van der Waals surface area contributed by atoms with Crippen molar-refractivity contribution in [3.05, 3.63) is 77.4 Å². The first-order valence-electron chi connectivity index (χ1n) is 12.9. The van der Waals surface area contributed by atoms with Crippen molar-refractivity contribution in [1.82, 2.24) is 0 Å². The number of ether oxygens (including phenoxy) is 3. The Morgan fingerprint density at radius 3 is 2.63 bits per heavy atom. The molecule has 3 aromatic carbocycles. The van der Waals surface area contributed by atoms with Gasteiger partial charge in [0, 0.05) is 37.0 Å². The number of anilines is 2. The van der Waals surface area contributed by atoms with E-state index in [1.165, 1.54) is 35.4 Å². The molecule has 4 aliphatic rings. The van der Waals surface area contributed by atoms with Crippen LogP contribution in [-0.4, -0.2) is 54.7 Å². The number of hydrogen-bond donors (Lipinski definition) is 1. The number of fused-ring (bicyclic) bond motifs is 5. The Bertz CT molecular complexity index is 1440. The van der Waals surface area contributed by atoms with Gasteiger partial charge in [-0.1, -0.05) is 35.9 Å². The van der Waals surface area contributed by atoms with Crippen molar-refractivity contribution in [1.29, 1.82) is 0 Å². The number of rotatable bonds is 4. The third kappa shape index (κ3) is 4.38. The Balaban J connectivity index is 0.000000187. The molecule has 0 aromatic heterocycles. The maximum absolute atomic E-state index is 11.1. The predicted molar refractivity (Wildman–Crippen MR) is 145 cm³/mol. The van der Waals surface area contributed by atoms with E-state index in [9.17, 15) is 8.42 Å². The Kier molecular flexibility index (Phi) is 6.45. The van der Waals surface area contributed by atoms with Crippen molar-refractivity contribution in [3.8, 4) is 11.5 Å². The van der Waals surface area contributed by atoms with Crippen LogP contribution in [0.3, 0.4) is 0 Å². The van der Waals surface area contributed by atoms with E-state index in [2.05, 4.69) is 50.8 Å². The molecule has 4 heterocycles. The lowest BCUT2D eigenvalue weighted by Crippen LogP contribution is -2.39. The van der Waals surface area contributed by atoms with Crippen molar-refractivity contribution in [2.75, 3.05) is 50.4 Å². The van der Waals surface area contributed by atoms with Crippen LogP contribution in [0.15, 0.2) is 65.6 Å². The minimum absolute atomic E-state index is 0.120. The number of para-hydroxylation sites is 1. The zero-order chi connectivity index (χ0) is 26.3. The predicted octanol–water partition coefficient (Wildman–Crippen LogP) is 4.46. The normalized spacial score (nSPS) is 22.6. The first-order valence-corrected chi connectivity index (χ1v) is 14.3. The molecule has 2 atom stereocenters. The molecule has 200 valence electrons. The van der Waals surface area contributed by atoms with E-state index in [1.54, 1.807) is 12.1 Å². The fraction of sp³-hybridized carbons (Fsp3) is 0.379. The number of benzene rings is 3. The quantitative estimate of drug-likeness (QED) is 0.490. The van der Waals surface area contributed by atoms with Gasteiger partial charge >= 0.3 is 0 Å². The minimum Gasteiger partial charge on any atom is -0.492 e. The lowest BCUT2D eigenvalue weighted by molar-refractivity contribution is 0.115. The van der Waals surface area contributed by atoms with E-state index in [4.69, 9.17) is 14.2 Å². The molecule has 1 unspecified atom stereocenters. The third-order valence-corrected chi connectivity index (χ3v) is 9.05. The molecule has 0 saturated carbocycles. The fourth-order valence-electron chi connectivity index (χ4n) is 5.78. The molecule has 0 aliphatic carbocycles. The molecular weight excluding hydrogens is 504 g/mol. The van der Waals surface area contributed by atoms with Gasteiger partial charge in [-0.15, -0.1) is 0 Å². The van der Waals surface area contributed by atoms with Gasteiger partial charge in [-0.05, 0) is 49.6 Å². The van der Waals surface area contributed by atoms with E-state index in [0.717, 1.165) is 56.0 Å². The summed E-state index contributed by atoms with van der Waals surface area (Å²) in [6.07, 6.45) is 2.67. The topological polar surface area (TPSA) is 86.3 Å². The number of aryl methyl sites for hydroxylation is 1. The molecule has 9 heteroatoms. The maximum Gasteiger partial charge on any atom is 0.296 e. The Morgan fingerprint density at radius 1 is 1.05 bits per heavy atom. The zero-order valence-corrected chi connectivity index (χ0v) is 22.4. The highest BCUT2D eigenvalue weighted by Gasteiger charge is 2.50. The summed E-state index contributed by atoms with van der Waals surface area (Å²) < 4.78 is 44.4. The summed E-state index contributed by atoms with van der Waals surface area (Å²) in [5.74, 6) is 1.92. The second-order valence-corrected chi connectivity index (χ2v) is 11.9. The van der Waals surface area contributed by atoms with Crippen LogP contribution in [0.1, 0.15) is 29.5 Å². The highest BCUT2D eigenvalue weighted by Crippen LogP contribution is 2.54. The van der Waals surface area contributed by atoms with Crippen molar-refractivity contribution in [2.24, 2.45) is 0 Å². The van der Waals surface area contributed by atoms with Crippen LogP contribution in [0.25, 0.3) is 0 Å². The second-order valence-electron chi connectivity index (χ2n) is 10.1. The van der Waals surface area contributed by atoms with Gasteiger partial charge < -0.3 is 24.4 Å². The molecule has 3 aromatic rings. The van der Waals surface area contributed by atoms with Gasteiger partial charge in [-0.25, -0.2) is 0 Å². The molecule has 1 fully saturated rings. The van der Waals surface area contributed by atoms with Crippen LogP contribution in [0.2, 0.25) is 0 Å². The minimum atomic E-state index is -3.51. The first-order chi connectivity index (χ1) is 18.4. The molecule has 0 amide bonds. The van der Waals surface area contributed by atoms with Gasteiger partial charge in [0.15, 0.2) is 6.73 Å². The van der Waals surface area contributed by atoms with Crippen LogP contribution in [0.4, 0.5) is 11.4 Å². The first kappa shape index (κ1) is 25.0. The summed E-state index contributed by atoms with van der Waals surface area (Å²) >= 11 is 0. The van der Waals surface area contributed by atoms with Gasteiger partial charge in [0.1, 0.15) is 18.1 Å². The summed E-state index contributed by atoms with van der Waals surface area (Å²) in [5.41, 5.74) is 5.86. The molecule has 1 saturated heterocycles. The summed E-state index contributed by atoms with van der Waals surface area (Å²) in [4.78, 5) is 2.69. The summed E-state index contributed by atoms with van der Waals surface area (Å²) in [7, 11) is -2.37. The van der Waals surface area contributed by atoms with E-state index in [-0.39, 0.29) is 10.3 Å².